The van der Waals surface area contributed by atoms with Crippen LogP contribution in [0.3, 0.4) is 0 Å². The van der Waals surface area contributed by atoms with Crippen LogP contribution in [-0.2, 0) is 14.8 Å². The first-order chi connectivity index (χ1) is 12.9. The highest BCUT2D eigenvalue weighted by molar-refractivity contribution is 7.89. The fourth-order valence-electron chi connectivity index (χ4n) is 2.94. The molecule has 2 aromatic carbocycles. The third-order valence-corrected chi connectivity index (χ3v) is 6.51. The van der Waals surface area contributed by atoms with Gasteiger partial charge in [-0.25, -0.2) is 8.42 Å². The monoisotopic (exact) mass is 407 g/mol. The highest BCUT2D eigenvalue weighted by Crippen LogP contribution is 2.23. The van der Waals surface area contributed by atoms with Gasteiger partial charge in [0.1, 0.15) is 0 Å². The Morgan fingerprint density at radius 2 is 1.70 bits per heavy atom. The lowest BCUT2D eigenvalue weighted by Gasteiger charge is -2.26. The number of nitrogens with one attached hydrogen (secondary N) is 2. The van der Waals surface area contributed by atoms with Gasteiger partial charge in [-0.1, -0.05) is 24.1 Å². The summed E-state index contributed by atoms with van der Waals surface area (Å²) < 4.78 is 27.0. The number of piperidine rings is 1. The number of sulfonamides is 1. The van der Waals surface area contributed by atoms with Crippen molar-refractivity contribution in [3.05, 3.63) is 53.6 Å². The Hall–Kier alpha value is -2.09. The lowest BCUT2D eigenvalue weighted by atomic mass is 10.2. The number of hydrogen-bond acceptors (Lipinski definition) is 4. The van der Waals surface area contributed by atoms with E-state index in [0.29, 0.717) is 23.8 Å². The number of hydrogen-bond donors (Lipinski definition) is 2. The standard InChI is InChI=1S/C19H22ClN3O3S/c20-15-7-9-16(10-8-15)21-14-19(24)22-17-5-4-6-18(13-17)27(25,26)23-11-2-1-3-12-23/h4-10,13,21H,1-3,11-12,14H2,(H,22,24). The van der Waals surface area contributed by atoms with E-state index >= 15 is 0 Å². The Morgan fingerprint density at radius 3 is 2.41 bits per heavy atom. The maximum Gasteiger partial charge on any atom is 0.243 e. The number of anilines is 2. The van der Waals surface area contributed by atoms with Crippen molar-refractivity contribution in [1.29, 1.82) is 0 Å². The number of rotatable bonds is 6. The summed E-state index contributed by atoms with van der Waals surface area (Å²) in [4.78, 5) is 12.4. The highest BCUT2D eigenvalue weighted by Gasteiger charge is 2.26. The van der Waals surface area contributed by atoms with Crippen LogP contribution in [0.15, 0.2) is 53.4 Å². The van der Waals surface area contributed by atoms with Gasteiger partial charge in [-0.3, -0.25) is 4.79 Å². The minimum absolute atomic E-state index is 0.0603. The molecule has 1 fully saturated rings. The summed E-state index contributed by atoms with van der Waals surface area (Å²) in [7, 11) is -3.53. The molecular formula is C19H22ClN3O3S. The van der Waals surface area contributed by atoms with Crippen molar-refractivity contribution in [2.45, 2.75) is 24.2 Å². The molecule has 3 rings (SSSR count). The van der Waals surface area contributed by atoms with Crippen LogP contribution in [-0.4, -0.2) is 38.3 Å². The van der Waals surface area contributed by atoms with E-state index in [1.165, 1.54) is 10.4 Å². The normalized spacial score (nSPS) is 15.3. The van der Waals surface area contributed by atoms with E-state index < -0.39 is 10.0 Å². The molecule has 8 heteroatoms. The molecule has 2 N–H and O–H groups in total. The first-order valence-electron chi connectivity index (χ1n) is 8.85. The Labute approximate surface area is 164 Å². The average Bonchev–Trinajstić information content (AvgIpc) is 2.68. The first-order valence-corrected chi connectivity index (χ1v) is 10.7. The van der Waals surface area contributed by atoms with Gasteiger partial charge >= 0.3 is 0 Å². The number of benzene rings is 2. The predicted molar refractivity (Wildman–Crippen MR) is 108 cm³/mol. The predicted octanol–water partition coefficient (Wildman–Crippen LogP) is 3.57. The molecule has 0 bridgehead atoms. The van der Waals surface area contributed by atoms with E-state index in [1.807, 2.05) is 0 Å². The van der Waals surface area contributed by atoms with Gasteiger partial charge in [-0.05, 0) is 55.3 Å². The molecule has 27 heavy (non-hydrogen) atoms. The summed E-state index contributed by atoms with van der Waals surface area (Å²) in [5.74, 6) is -0.266. The molecule has 0 spiro atoms. The van der Waals surface area contributed by atoms with Crippen LogP contribution in [0.25, 0.3) is 0 Å². The average molecular weight is 408 g/mol. The molecule has 1 heterocycles. The number of amides is 1. The Morgan fingerprint density at radius 1 is 1.00 bits per heavy atom. The fourth-order valence-corrected chi connectivity index (χ4v) is 4.63. The van der Waals surface area contributed by atoms with E-state index in [1.54, 1.807) is 42.5 Å². The van der Waals surface area contributed by atoms with E-state index in [-0.39, 0.29) is 17.3 Å². The number of carbonyl (C=O) groups is 1. The van der Waals surface area contributed by atoms with E-state index in [0.717, 1.165) is 24.9 Å². The van der Waals surface area contributed by atoms with Gasteiger partial charge < -0.3 is 10.6 Å². The second kappa shape index (κ2) is 8.73. The molecule has 0 aliphatic carbocycles. The van der Waals surface area contributed by atoms with Crippen LogP contribution in [0.2, 0.25) is 5.02 Å². The van der Waals surface area contributed by atoms with Gasteiger partial charge in [0.2, 0.25) is 15.9 Å². The summed E-state index contributed by atoms with van der Waals surface area (Å²) in [5, 5.41) is 6.34. The third kappa shape index (κ3) is 5.22. The summed E-state index contributed by atoms with van der Waals surface area (Å²) in [6.07, 6.45) is 2.82. The molecule has 1 amide bonds. The molecule has 2 aromatic rings. The van der Waals surface area contributed by atoms with Crippen LogP contribution in [0, 0.1) is 0 Å². The van der Waals surface area contributed by atoms with Gasteiger partial charge in [-0.15, -0.1) is 0 Å². The van der Waals surface area contributed by atoms with Crippen molar-refractivity contribution in [3.63, 3.8) is 0 Å². The van der Waals surface area contributed by atoms with Gasteiger partial charge in [0.25, 0.3) is 0 Å². The highest BCUT2D eigenvalue weighted by atomic mass is 35.5. The summed E-state index contributed by atoms with van der Waals surface area (Å²) in [6, 6.07) is 13.4. The molecule has 144 valence electrons. The molecule has 1 aliphatic rings. The van der Waals surface area contributed by atoms with Crippen LogP contribution in [0.5, 0.6) is 0 Å². The van der Waals surface area contributed by atoms with Crippen LogP contribution in [0.1, 0.15) is 19.3 Å². The topological polar surface area (TPSA) is 78.5 Å². The molecule has 0 unspecified atom stereocenters. The second-order valence-corrected chi connectivity index (χ2v) is 8.78. The summed E-state index contributed by atoms with van der Waals surface area (Å²) in [6.45, 7) is 1.15. The van der Waals surface area contributed by atoms with Crippen molar-refractivity contribution in [2.75, 3.05) is 30.3 Å². The molecule has 0 saturated carbocycles. The van der Waals surface area contributed by atoms with Gasteiger partial charge in [0.15, 0.2) is 0 Å². The Kier molecular flexibility index (Phi) is 6.36. The SMILES string of the molecule is O=C(CNc1ccc(Cl)cc1)Nc1cccc(S(=O)(=O)N2CCCCC2)c1. The Balaban J connectivity index is 1.63. The molecule has 0 aromatic heterocycles. The maximum absolute atomic E-state index is 12.8. The minimum atomic E-state index is -3.53. The maximum atomic E-state index is 12.8. The molecular weight excluding hydrogens is 386 g/mol. The Bertz CT molecular complexity index is 895. The van der Waals surface area contributed by atoms with Crippen molar-refractivity contribution < 1.29 is 13.2 Å². The lowest BCUT2D eigenvalue weighted by molar-refractivity contribution is -0.114. The number of halogens is 1. The van der Waals surface area contributed by atoms with Gasteiger partial charge in [0.05, 0.1) is 11.4 Å². The van der Waals surface area contributed by atoms with E-state index in [9.17, 15) is 13.2 Å². The van der Waals surface area contributed by atoms with E-state index in [4.69, 9.17) is 11.6 Å². The summed E-state index contributed by atoms with van der Waals surface area (Å²) >= 11 is 5.83. The quantitative estimate of drug-likeness (QED) is 0.767. The van der Waals surface area contributed by atoms with E-state index in [2.05, 4.69) is 10.6 Å². The zero-order valence-corrected chi connectivity index (χ0v) is 16.4. The zero-order valence-electron chi connectivity index (χ0n) is 14.8. The molecule has 0 atom stereocenters. The van der Waals surface area contributed by atoms with Crippen molar-refractivity contribution in [2.24, 2.45) is 0 Å². The largest absolute Gasteiger partial charge is 0.376 e. The molecule has 1 saturated heterocycles. The van der Waals surface area contributed by atoms with Crippen LogP contribution in [0.4, 0.5) is 11.4 Å². The lowest BCUT2D eigenvalue weighted by Crippen LogP contribution is -2.35. The van der Waals surface area contributed by atoms with Gasteiger partial charge in [-0.2, -0.15) is 4.31 Å². The van der Waals surface area contributed by atoms with Crippen LogP contribution >= 0.6 is 11.6 Å². The third-order valence-electron chi connectivity index (χ3n) is 4.37. The van der Waals surface area contributed by atoms with Crippen molar-refractivity contribution in [3.8, 4) is 0 Å². The van der Waals surface area contributed by atoms with Crippen molar-refractivity contribution in [1.82, 2.24) is 4.31 Å². The minimum Gasteiger partial charge on any atom is -0.376 e. The van der Waals surface area contributed by atoms with Crippen molar-refractivity contribution >= 4 is 38.9 Å². The summed E-state index contributed by atoms with van der Waals surface area (Å²) in [5.41, 5.74) is 1.23. The second-order valence-electron chi connectivity index (χ2n) is 6.40. The zero-order chi connectivity index (χ0) is 19.3. The number of nitrogens with zero attached hydrogens (tertiary/aromatic N) is 1. The first kappa shape index (κ1) is 19.7. The molecule has 0 radical (unpaired) electrons. The molecule has 6 nitrogen and oxygen atoms in total. The number of carbonyl (C=O) groups excluding carboxylic acids is 1. The smallest absolute Gasteiger partial charge is 0.243 e. The van der Waals surface area contributed by atoms with Crippen LogP contribution < -0.4 is 10.6 Å². The molecule has 1 aliphatic heterocycles. The van der Waals surface area contributed by atoms with Gasteiger partial charge in [0, 0.05) is 29.5 Å². The fraction of sp³-hybridized carbons (Fsp3) is 0.316.